The lowest BCUT2D eigenvalue weighted by Crippen LogP contribution is -2.44. The molecule has 9 unspecified atom stereocenters. The van der Waals surface area contributed by atoms with Crippen LogP contribution in [0.25, 0.3) is 0 Å². The molecule has 0 bridgehead atoms. The summed E-state index contributed by atoms with van der Waals surface area (Å²) in [5.74, 6) is 2.55. The molecule has 0 aromatic rings. The Labute approximate surface area is 258 Å². The van der Waals surface area contributed by atoms with E-state index in [1.165, 1.54) is 82.7 Å². The fraction of sp³-hybridized carbons (Fsp3) is 0.938. The van der Waals surface area contributed by atoms with Crippen molar-refractivity contribution in [2.75, 3.05) is 0 Å². The molecule has 3 aliphatic carbocycles. The molecular formula is C32H64O5Si4. The van der Waals surface area contributed by atoms with Crippen LogP contribution in [0.5, 0.6) is 0 Å². The van der Waals surface area contributed by atoms with Crippen LogP contribution in [0, 0.1) is 17.8 Å². The third-order valence-electron chi connectivity index (χ3n) is 10.0. The first-order valence-electron chi connectivity index (χ1n) is 17.3. The van der Waals surface area contributed by atoms with E-state index >= 15 is 0 Å². The molecule has 3 heterocycles. The van der Waals surface area contributed by atoms with Crippen LogP contribution in [0.2, 0.25) is 64.5 Å². The van der Waals surface area contributed by atoms with Gasteiger partial charge in [0.15, 0.2) is 34.7 Å². The van der Waals surface area contributed by atoms with Gasteiger partial charge in [0.1, 0.15) is 0 Å². The van der Waals surface area contributed by atoms with Crippen molar-refractivity contribution in [1.82, 2.24) is 0 Å². The molecule has 3 aliphatic heterocycles. The topological polar surface area (TPSA) is 56.0 Å². The second-order valence-electron chi connectivity index (χ2n) is 15.7. The minimum Gasteiger partial charge on any atom is -0.461 e. The molecule has 5 nitrogen and oxygen atoms in total. The molecular weight excluding hydrogens is 577 g/mol. The first-order valence-corrected chi connectivity index (χ1v) is 29.1. The second kappa shape index (κ2) is 15.1. The lowest BCUT2D eigenvalue weighted by Gasteiger charge is -2.36. The summed E-state index contributed by atoms with van der Waals surface area (Å²) in [7, 11) is -4.39. The Bertz CT molecular complexity index is 776. The van der Waals surface area contributed by atoms with E-state index in [0.717, 1.165) is 17.8 Å². The van der Waals surface area contributed by atoms with Crippen molar-refractivity contribution < 1.29 is 22.4 Å². The number of epoxide rings is 3. The average molecular weight is 641 g/mol. The van der Waals surface area contributed by atoms with E-state index in [9.17, 15) is 0 Å². The third kappa shape index (κ3) is 12.4. The zero-order valence-electron chi connectivity index (χ0n) is 27.9. The molecule has 3 saturated heterocycles. The van der Waals surface area contributed by atoms with Crippen LogP contribution in [0.4, 0.5) is 0 Å². The quantitative estimate of drug-likeness (QED) is 0.130. The fourth-order valence-corrected chi connectivity index (χ4v) is 21.0. The highest BCUT2D eigenvalue weighted by atomic mass is 28.4. The van der Waals surface area contributed by atoms with Crippen LogP contribution >= 0.6 is 0 Å². The summed E-state index contributed by atoms with van der Waals surface area (Å²) in [5.41, 5.74) is 0. The van der Waals surface area contributed by atoms with E-state index in [1.807, 2.05) is 0 Å². The van der Waals surface area contributed by atoms with Gasteiger partial charge in [-0.05, 0) is 140 Å². The molecule has 41 heavy (non-hydrogen) atoms. The van der Waals surface area contributed by atoms with E-state index in [2.05, 4.69) is 65.0 Å². The number of hydrogen-bond donors (Lipinski definition) is 0. The Morgan fingerprint density at radius 1 is 0.634 bits per heavy atom. The molecule has 238 valence electrons. The van der Waals surface area contributed by atoms with Crippen LogP contribution in [-0.2, 0) is 22.4 Å². The average Bonchev–Trinajstić information content (AvgIpc) is 3.78. The number of hydrogen-bond acceptors (Lipinski definition) is 5. The van der Waals surface area contributed by atoms with Crippen LogP contribution in [0.15, 0.2) is 12.7 Å². The van der Waals surface area contributed by atoms with E-state index in [1.54, 1.807) is 0 Å². The highest BCUT2D eigenvalue weighted by Crippen LogP contribution is 2.43. The molecule has 0 spiro atoms. The SMILES string of the molecule is C=CC1CCC2OC2C1.C[SiH](C)O[SiH](C)C.C[Si](C)(CCC1CCC2OC2C1)O[Si](C)(C)CCC1CCC2OC2C1. The zero-order valence-corrected chi connectivity index (χ0v) is 32.2. The minimum absolute atomic E-state index is 0.613. The monoisotopic (exact) mass is 640 g/mol. The zero-order chi connectivity index (χ0) is 29.8. The summed E-state index contributed by atoms with van der Waals surface area (Å²) >= 11 is 0. The second-order valence-corrected chi connectivity index (χ2v) is 29.9. The summed E-state index contributed by atoms with van der Waals surface area (Å²) in [5, 5.41) is 0. The predicted octanol–water partition coefficient (Wildman–Crippen LogP) is 8.04. The Kier molecular flexibility index (Phi) is 12.6. The summed E-state index contributed by atoms with van der Waals surface area (Å²) in [6.07, 6.45) is 20.4. The fourth-order valence-electron chi connectivity index (χ4n) is 7.64. The van der Waals surface area contributed by atoms with Gasteiger partial charge in [-0.1, -0.05) is 18.9 Å². The molecule has 6 rings (SSSR count). The van der Waals surface area contributed by atoms with Crippen molar-refractivity contribution in [2.24, 2.45) is 17.8 Å². The Hall–Kier alpha value is 0.408. The standard InChI is InChI=1S/C20H38O3Si2.C8H12O.C4H14OSi2/c1-24(2,11-9-15-5-7-17-19(13-15)21-17)23-25(3,4)12-10-16-6-8-18-20(14-16)22-18;1-2-6-3-4-7-8(5-6)9-7;1-6(2)5-7(3)4/h15-20H,5-14H2,1-4H3;2,6-8H,1,3-5H2;6-7H,1-4H3. The Morgan fingerprint density at radius 3 is 1.39 bits per heavy atom. The molecule has 9 heteroatoms. The van der Waals surface area contributed by atoms with Gasteiger partial charge in [-0.3, -0.25) is 0 Å². The normalized spacial score (nSPS) is 37.0. The van der Waals surface area contributed by atoms with Gasteiger partial charge in [-0.15, -0.1) is 6.58 Å². The molecule has 0 N–H and O–H groups in total. The van der Waals surface area contributed by atoms with Crippen molar-refractivity contribution in [3.05, 3.63) is 12.7 Å². The van der Waals surface area contributed by atoms with Gasteiger partial charge in [0.25, 0.3) is 0 Å². The highest BCUT2D eigenvalue weighted by Gasteiger charge is 2.46. The summed E-state index contributed by atoms with van der Waals surface area (Å²) in [4.78, 5) is 0. The van der Waals surface area contributed by atoms with Crippen LogP contribution in [0.1, 0.15) is 70.6 Å². The smallest absolute Gasteiger partial charge is 0.173 e. The Morgan fingerprint density at radius 2 is 1.05 bits per heavy atom. The maximum Gasteiger partial charge on any atom is 0.173 e. The Balaban J connectivity index is 0.000000197. The van der Waals surface area contributed by atoms with Crippen molar-refractivity contribution in [3.8, 4) is 0 Å². The van der Waals surface area contributed by atoms with Gasteiger partial charge in [-0.25, -0.2) is 0 Å². The molecule has 0 aromatic carbocycles. The highest BCUT2D eigenvalue weighted by molar-refractivity contribution is 6.84. The summed E-state index contributed by atoms with van der Waals surface area (Å²) in [6.45, 7) is 22.5. The molecule has 0 radical (unpaired) electrons. The van der Waals surface area contributed by atoms with Gasteiger partial charge in [0.2, 0.25) is 0 Å². The number of rotatable bonds is 11. The van der Waals surface area contributed by atoms with Gasteiger partial charge < -0.3 is 22.4 Å². The number of fused-ring (bicyclic) bond motifs is 3. The largest absolute Gasteiger partial charge is 0.461 e. The van der Waals surface area contributed by atoms with Crippen molar-refractivity contribution >= 4 is 34.7 Å². The molecule has 6 fully saturated rings. The maximum atomic E-state index is 6.90. The molecule has 3 saturated carbocycles. The number of allylic oxidation sites excluding steroid dienone is 1. The van der Waals surface area contributed by atoms with Gasteiger partial charge in [0, 0.05) is 0 Å². The van der Waals surface area contributed by atoms with Crippen molar-refractivity contribution in [2.45, 2.75) is 172 Å². The first kappa shape index (κ1) is 34.3. The van der Waals surface area contributed by atoms with Crippen LogP contribution < -0.4 is 0 Å². The van der Waals surface area contributed by atoms with E-state index in [-0.39, 0.29) is 0 Å². The lowest BCUT2D eigenvalue weighted by atomic mass is 9.88. The van der Waals surface area contributed by atoms with Crippen LogP contribution in [-0.4, -0.2) is 71.3 Å². The number of ether oxygens (including phenoxy) is 3. The molecule has 0 aromatic heterocycles. The van der Waals surface area contributed by atoms with Crippen molar-refractivity contribution in [3.63, 3.8) is 0 Å². The predicted molar refractivity (Wildman–Crippen MR) is 182 cm³/mol. The summed E-state index contributed by atoms with van der Waals surface area (Å²) in [6, 6.07) is 2.68. The van der Waals surface area contributed by atoms with Gasteiger partial charge in [0.05, 0.1) is 36.6 Å². The molecule has 6 aliphatic rings. The van der Waals surface area contributed by atoms with E-state index < -0.39 is 34.7 Å². The van der Waals surface area contributed by atoms with Gasteiger partial charge in [-0.2, -0.15) is 0 Å². The van der Waals surface area contributed by atoms with Crippen LogP contribution in [0.3, 0.4) is 0 Å². The minimum atomic E-state index is -1.53. The first-order chi connectivity index (χ1) is 19.3. The summed E-state index contributed by atoms with van der Waals surface area (Å²) < 4.78 is 29.2. The third-order valence-corrected chi connectivity index (χ3v) is 21.8. The maximum absolute atomic E-state index is 6.90. The molecule has 9 atom stereocenters. The van der Waals surface area contributed by atoms with E-state index in [0.29, 0.717) is 36.6 Å². The van der Waals surface area contributed by atoms with Crippen molar-refractivity contribution in [1.29, 1.82) is 0 Å². The van der Waals surface area contributed by atoms with E-state index in [4.69, 9.17) is 22.4 Å². The molecule has 0 amide bonds. The lowest BCUT2D eigenvalue weighted by molar-refractivity contribution is 0.352. The van der Waals surface area contributed by atoms with Gasteiger partial charge >= 0.3 is 0 Å².